The third-order valence-electron chi connectivity index (χ3n) is 3.81. The molecule has 0 radical (unpaired) electrons. The highest BCUT2D eigenvalue weighted by Gasteiger charge is 2.26. The summed E-state index contributed by atoms with van der Waals surface area (Å²) in [6.07, 6.45) is 5.29. The molecule has 18 heavy (non-hydrogen) atoms. The molecule has 0 aliphatic carbocycles. The molecule has 1 heterocycles. The van der Waals surface area contributed by atoms with Crippen molar-refractivity contribution in [1.82, 2.24) is 4.90 Å². The van der Waals surface area contributed by atoms with Gasteiger partial charge in [-0.1, -0.05) is 19.8 Å². The molecule has 4 nitrogen and oxygen atoms in total. The van der Waals surface area contributed by atoms with Gasteiger partial charge in [-0.2, -0.15) is 0 Å². The number of rotatable bonds is 3. The molecular weight excluding hydrogens is 230 g/mol. The van der Waals surface area contributed by atoms with Gasteiger partial charge in [0, 0.05) is 23.7 Å². The van der Waals surface area contributed by atoms with Crippen molar-refractivity contribution >= 4 is 11.9 Å². The van der Waals surface area contributed by atoms with Crippen LogP contribution in [0.4, 0.5) is 0 Å². The third kappa shape index (κ3) is 3.34. The predicted molar refractivity (Wildman–Crippen MR) is 70.3 cm³/mol. The maximum absolute atomic E-state index is 12.4. The van der Waals surface area contributed by atoms with Crippen molar-refractivity contribution in [3.63, 3.8) is 0 Å². The predicted octanol–water partition coefficient (Wildman–Crippen LogP) is 2.59. The second-order valence-electron chi connectivity index (χ2n) is 4.97. The average molecular weight is 253 g/mol. The van der Waals surface area contributed by atoms with Crippen LogP contribution >= 0.6 is 0 Å². The number of likely N-dealkylation sites (tertiary alicyclic amines) is 1. The number of hydrogen-bond donors (Lipinski definition) is 1. The Hall–Kier alpha value is -1.32. The largest absolute Gasteiger partial charge is 0.478 e. The minimum absolute atomic E-state index is 0.108. The lowest BCUT2D eigenvalue weighted by Crippen LogP contribution is -2.40. The molecule has 0 bridgehead atoms. The topological polar surface area (TPSA) is 57.6 Å². The minimum Gasteiger partial charge on any atom is -0.478 e. The van der Waals surface area contributed by atoms with E-state index in [4.69, 9.17) is 5.11 Å². The van der Waals surface area contributed by atoms with E-state index in [2.05, 4.69) is 6.92 Å². The summed E-state index contributed by atoms with van der Waals surface area (Å²) in [6, 6.07) is 0.261. The van der Waals surface area contributed by atoms with Gasteiger partial charge in [0.25, 0.3) is 0 Å². The lowest BCUT2D eigenvalue weighted by molar-refractivity contribution is -0.134. The molecule has 0 aromatic heterocycles. The molecule has 1 fully saturated rings. The Kier molecular flexibility index (Phi) is 5.38. The van der Waals surface area contributed by atoms with Gasteiger partial charge in [0.2, 0.25) is 5.91 Å². The van der Waals surface area contributed by atoms with Gasteiger partial charge in [0.05, 0.1) is 0 Å². The van der Waals surface area contributed by atoms with Crippen LogP contribution < -0.4 is 0 Å². The molecule has 102 valence electrons. The zero-order chi connectivity index (χ0) is 13.7. The van der Waals surface area contributed by atoms with Crippen LogP contribution in [0.15, 0.2) is 11.1 Å². The molecule has 1 aliphatic rings. The van der Waals surface area contributed by atoms with E-state index >= 15 is 0 Å². The molecule has 1 amide bonds. The monoisotopic (exact) mass is 253 g/mol. The molecule has 1 rings (SSSR count). The molecule has 4 heteroatoms. The number of carboxylic acid groups (broad SMARTS) is 1. The Labute approximate surface area is 109 Å². The third-order valence-corrected chi connectivity index (χ3v) is 3.81. The van der Waals surface area contributed by atoms with Crippen LogP contribution in [0.5, 0.6) is 0 Å². The summed E-state index contributed by atoms with van der Waals surface area (Å²) in [4.78, 5) is 25.2. The Morgan fingerprint density at radius 3 is 2.39 bits per heavy atom. The first kappa shape index (κ1) is 14.7. The molecule has 0 spiro atoms. The van der Waals surface area contributed by atoms with Crippen molar-refractivity contribution in [2.45, 2.75) is 58.9 Å². The van der Waals surface area contributed by atoms with Gasteiger partial charge in [-0.15, -0.1) is 0 Å². The van der Waals surface area contributed by atoms with Gasteiger partial charge >= 0.3 is 5.97 Å². The zero-order valence-electron chi connectivity index (χ0n) is 11.5. The summed E-state index contributed by atoms with van der Waals surface area (Å²) in [5.74, 6) is -1.12. The van der Waals surface area contributed by atoms with Crippen molar-refractivity contribution in [2.75, 3.05) is 6.54 Å². The first-order chi connectivity index (χ1) is 8.49. The quantitative estimate of drug-likeness (QED) is 0.786. The summed E-state index contributed by atoms with van der Waals surface area (Å²) >= 11 is 0. The molecule has 1 aliphatic heterocycles. The number of carbonyl (C=O) groups is 2. The summed E-state index contributed by atoms with van der Waals surface area (Å²) < 4.78 is 0. The first-order valence-electron chi connectivity index (χ1n) is 6.70. The number of amides is 1. The van der Waals surface area contributed by atoms with E-state index in [0.29, 0.717) is 5.57 Å². The Morgan fingerprint density at radius 1 is 1.17 bits per heavy atom. The lowest BCUT2D eigenvalue weighted by Gasteiger charge is -2.30. The molecule has 0 aromatic carbocycles. The smallest absolute Gasteiger partial charge is 0.331 e. The van der Waals surface area contributed by atoms with Gasteiger partial charge < -0.3 is 10.0 Å². The van der Waals surface area contributed by atoms with Gasteiger partial charge in [0.15, 0.2) is 0 Å². The molecule has 1 atom stereocenters. The SMILES string of the molecule is CCC1CCCCCN1C(=O)C(C)=C(C)C(=O)O. The zero-order valence-corrected chi connectivity index (χ0v) is 11.5. The van der Waals surface area contributed by atoms with Crippen LogP contribution in [-0.4, -0.2) is 34.5 Å². The summed E-state index contributed by atoms with van der Waals surface area (Å²) in [5, 5.41) is 8.95. The molecule has 1 N–H and O–H groups in total. The van der Waals surface area contributed by atoms with E-state index in [1.165, 1.54) is 6.92 Å². The molecule has 1 saturated heterocycles. The average Bonchev–Trinajstić information content (AvgIpc) is 2.60. The summed E-state index contributed by atoms with van der Waals surface area (Å²) in [6.45, 7) is 5.94. The van der Waals surface area contributed by atoms with E-state index in [1.54, 1.807) is 6.92 Å². The number of carboxylic acids is 1. The van der Waals surface area contributed by atoms with Crippen molar-refractivity contribution in [2.24, 2.45) is 0 Å². The van der Waals surface area contributed by atoms with E-state index < -0.39 is 5.97 Å². The maximum atomic E-state index is 12.4. The maximum Gasteiger partial charge on any atom is 0.331 e. The van der Waals surface area contributed by atoms with Crippen molar-refractivity contribution in [3.05, 3.63) is 11.1 Å². The molecular formula is C14H23NO3. The van der Waals surface area contributed by atoms with Crippen LogP contribution in [0, 0.1) is 0 Å². The van der Waals surface area contributed by atoms with E-state index in [1.807, 2.05) is 4.90 Å². The Bertz CT molecular complexity index is 360. The number of carbonyl (C=O) groups excluding carboxylic acids is 1. The Balaban J connectivity index is 2.92. The highest BCUT2D eigenvalue weighted by Crippen LogP contribution is 2.21. The fraction of sp³-hybridized carbons (Fsp3) is 0.714. The van der Waals surface area contributed by atoms with Crippen LogP contribution in [0.25, 0.3) is 0 Å². The first-order valence-corrected chi connectivity index (χ1v) is 6.70. The van der Waals surface area contributed by atoms with Gasteiger partial charge in [-0.3, -0.25) is 4.79 Å². The Morgan fingerprint density at radius 2 is 1.83 bits per heavy atom. The second kappa shape index (κ2) is 6.57. The van der Waals surface area contributed by atoms with Crippen molar-refractivity contribution in [1.29, 1.82) is 0 Å². The normalized spacial score (nSPS) is 22.2. The lowest BCUT2D eigenvalue weighted by atomic mass is 10.1. The van der Waals surface area contributed by atoms with Gasteiger partial charge in [0.1, 0.15) is 0 Å². The molecule has 1 unspecified atom stereocenters. The summed E-state index contributed by atoms with van der Waals surface area (Å²) in [7, 11) is 0. The van der Waals surface area contributed by atoms with Crippen molar-refractivity contribution in [3.8, 4) is 0 Å². The second-order valence-corrected chi connectivity index (χ2v) is 4.97. The fourth-order valence-electron chi connectivity index (χ4n) is 2.41. The number of hydrogen-bond acceptors (Lipinski definition) is 2. The van der Waals surface area contributed by atoms with Gasteiger partial charge in [-0.05, 0) is 33.1 Å². The standard InChI is InChI=1S/C14H23NO3/c1-4-12-8-6-5-7-9-15(12)13(16)10(2)11(3)14(17)18/h12H,4-9H2,1-3H3,(H,17,18). The number of nitrogens with zero attached hydrogens (tertiary/aromatic N) is 1. The molecule has 0 aromatic rings. The van der Waals surface area contributed by atoms with Crippen LogP contribution in [-0.2, 0) is 9.59 Å². The highest BCUT2D eigenvalue weighted by molar-refractivity contribution is 6.01. The van der Waals surface area contributed by atoms with Crippen molar-refractivity contribution < 1.29 is 14.7 Å². The minimum atomic E-state index is -1.01. The van der Waals surface area contributed by atoms with Crippen LogP contribution in [0.1, 0.15) is 52.9 Å². The fourth-order valence-corrected chi connectivity index (χ4v) is 2.41. The van der Waals surface area contributed by atoms with Crippen LogP contribution in [0.3, 0.4) is 0 Å². The highest BCUT2D eigenvalue weighted by atomic mass is 16.4. The number of aliphatic carboxylic acids is 1. The van der Waals surface area contributed by atoms with E-state index in [0.717, 1.165) is 38.6 Å². The van der Waals surface area contributed by atoms with E-state index in [9.17, 15) is 9.59 Å². The summed E-state index contributed by atoms with van der Waals surface area (Å²) in [5.41, 5.74) is 0.516. The van der Waals surface area contributed by atoms with E-state index in [-0.39, 0.29) is 17.5 Å². The molecule has 0 saturated carbocycles. The van der Waals surface area contributed by atoms with Crippen LogP contribution in [0.2, 0.25) is 0 Å². The van der Waals surface area contributed by atoms with Gasteiger partial charge in [-0.25, -0.2) is 4.79 Å².